The molecule has 2 aliphatic rings. The van der Waals surface area contributed by atoms with Gasteiger partial charge in [-0.3, -0.25) is 34.0 Å². The zero-order valence-electron chi connectivity index (χ0n) is 38.0. The van der Waals surface area contributed by atoms with Gasteiger partial charge in [0.2, 0.25) is 6.23 Å². The molecule has 16 nitrogen and oxygen atoms in total. The van der Waals surface area contributed by atoms with Crippen molar-refractivity contribution < 1.29 is 38.3 Å². The number of carbonyl (C=O) groups excluding carboxylic acids is 3. The minimum atomic E-state index is -1.81. The van der Waals surface area contributed by atoms with E-state index in [-0.39, 0.29) is 61.5 Å². The summed E-state index contributed by atoms with van der Waals surface area (Å²) >= 11 is 0. The molecule has 3 aromatic carbocycles. The topological polar surface area (TPSA) is 185 Å². The zero-order chi connectivity index (χ0) is 46.1. The highest BCUT2D eigenvalue weighted by Crippen LogP contribution is 2.36. The number of urea groups is 1. The fourth-order valence-electron chi connectivity index (χ4n) is 8.59. The van der Waals surface area contributed by atoms with Crippen LogP contribution in [-0.2, 0) is 32.2 Å². The van der Waals surface area contributed by atoms with Crippen LogP contribution in [0.5, 0.6) is 11.5 Å². The highest BCUT2D eigenvalue weighted by molar-refractivity contribution is 6.09. The molecule has 2 heterocycles. The van der Waals surface area contributed by atoms with E-state index in [1.165, 1.54) is 48.3 Å². The molecule has 2 atom stereocenters. The van der Waals surface area contributed by atoms with E-state index in [1.54, 1.807) is 31.2 Å². The van der Waals surface area contributed by atoms with E-state index in [2.05, 4.69) is 12.2 Å². The Kier molecular flexibility index (Phi) is 18.3. The quantitative estimate of drug-likeness (QED) is 0.0274. The van der Waals surface area contributed by atoms with Gasteiger partial charge in [0.05, 0.1) is 40.8 Å². The summed E-state index contributed by atoms with van der Waals surface area (Å²) in [5.74, 6) is -1.59. The average Bonchev–Trinajstić information content (AvgIpc) is 3.52. The van der Waals surface area contributed by atoms with E-state index in [0.717, 1.165) is 80.7 Å². The van der Waals surface area contributed by atoms with E-state index in [9.17, 15) is 24.5 Å². The Bertz CT molecular complexity index is 2280. The minimum Gasteiger partial charge on any atom is -0.488 e. The Balaban J connectivity index is 1.46. The van der Waals surface area contributed by atoms with Crippen molar-refractivity contribution in [1.29, 1.82) is 0 Å². The molecule has 2 fully saturated rings. The monoisotopic (exact) mass is 896 g/mol. The third kappa shape index (κ3) is 12.5. The Morgan fingerprint density at radius 2 is 1.54 bits per heavy atom. The number of nitro benzene ring substituents is 1. The lowest BCUT2D eigenvalue weighted by Crippen LogP contribution is -2.45. The summed E-state index contributed by atoms with van der Waals surface area (Å²) in [5, 5.41) is 15.2. The lowest BCUT2D eigenvalue weighted by Gasteiger charge is -2.28. The minimum absolute atomic E-state index is 0.0125. The van der Waals surface area contributed by atoms with Crippen LogP contribution in [-0.4, -0.2) is 81.4 Å². The van der Waals surface area contributed by atoms with Crippen molar-refractivity contribution in [3.8, 4) is 11.5 Å². The molecule has 1 saturated carbocycles. The number of unbranched alkanes of at least 4 members (excludes halogenated alkanes) is 9. The molecular formula is C49H64N6O10. The predicted octanol–water partition coefficient (Wildman–Crippen LogP) is 9.47. The molecule has 0 spiro atoms. The van der Waals surface area contributed by atoms with Crippen LogP contribution >= 0.6 is 0 Å². The van der Waals surface area contributed by atoms with Crippen LogP contribution in [0.4, 0.5) is 16.2 Å². The molecule has 1 aliphatic heterocycles. The van der Waals surface area contributed by atoms with Gasteiger partial charge in [-0.1, -0.05) is 114 Å². The third-order valence-corrected chi connectivity index (χ3v) is 12.0. The van der Waals surface area contributed by atoms with Crippen molar-refractivity contribution in [1.82, 2.24) is 19.4 Å². The Morgan fingerprint density at radius 1 is 0.862 bits per heavy atom. The molecule has 65 heavy (non-hydrogen) atoms. The van der Waals surface area contributed by atoms with Crippen LogP contribution in [0.1, 0.15) is 128 Å². The molecule has 2 unspecified atom stereocenters. The van der Waals surface area contributed by atoms with Crippen molar-refractivity contribution in [2.75, 3.05) is 32.2 Å². The highest BCUT2D eigenvalue weighted by Gasteiger charge is 2.52. The largest absolute Gasteiger partial charge is 0.488 e. The molecule has 1 aromatic heterocycles. The molecule has 4 aromatic rings. The van der Waals surface area contributed by atoms with E-state index in [4.69, 9.17) is 23.9 Å². The van der Waals surface area contributed by atoms with Gasteiger partial charge in [-0.05, 0) is 56.7 Å². The molecule has 1 N–H and O–H groups in total. The number of anilines is 1. The average molecular weight is 897 g/mol. The number of carbonyl (C=O) groups is 3. The van der Waals surface area contributed by atoms with Gasteiger partial charge in [-0.2, -0.15) is 0 Å². The number of fused-ring (bicyclic) bond motifs is 1. The maximum absolute atomic E-state index is 15.2. The molecule has 1 aliphatic carbocycles. The Labute approximate surface area is 380 Å². The number of ether oxygens (including phenoxy) is 4. The van der Waals surface area contributed by atoms with Gasteiger partial charge < -0.3 is 24.3 Å². The zero-order valence-corrected chi connectivity index (χ0v) is 38.0. The SMILES string of the molecule is CCCCCCCCCCCCn1c(C(C(=O)Nc2ccccc2OC2CCCCC2)N2C(=O)C(OCC)N(Cc3ccccc3)C2=O)nc2cc(OCCOC)c([N+](=O)[O-])cc2c1=O. The first-order valence-electron chi connectivity index (χ1n) is 23.4. The molecule has 1 saturated heterocycles. The van der Waals surface area contributed by atoms with Crippen molar-refractivity contribution in [2.45, 2.75) is 142 Å². The van der Waals surface area contributed by atoms with Crippen LogP contribution in [0.15, 0.2) is 71.5 Å². The first-order chi connectivity index (χ1) is 31.7. The maximum Gasteiger partial charge on any atom is 0.330 e. The number of hydrogen-bond donors (Lipinski definition) is 1. The summed E-state index contributed by atoms with van der Waals surface area (Å²) in [7, 11) is 1.47. The number of nitrogens with one attached hydrogen (secondary N) is 1. The van der Waals surface area contributed by atoms with E-state index in [1.807, 2.05) is 30.3 Å². The summed E-state index contributed by atoms with van der Waals surface area (Å²) in [6, 6.07) is 15.8. The van der Waals surface area contributed by atoms with Crippen LogP contribution < -0.4 is 20.3 Å². The summed E-state index contributed by atoms with van der Waals surface area (Å²) in [5.41, 5.74) is -0.117. The molecule has 0 bridgehead atoms. The Morgan fingerprint density at radius 3 is 2.22 bits per heavy atom. The summed E-state index contributed by atoms with van der Waals surface area (Å²) in [6.07, 6.45) is 13.7. The van der Waals surface area contributed by atoms with Crippen LogP contribution in [0.2, 0.25) is 0 Å². The molecular weight excluding hydrogens is 833 g/mol. The summed E-state index contributed by atoms with van der Waals surface area (Å²) < 4.78 is 24.5. The first kappa shape index (κ1) is 48.6. The van der Waals surface area contributed by atoms with Crippen molar-refractivity contribution in [3.05, 3.63) is 98.6 Å². The highest BCUT2D eigenvalue weighted by atomic mass is 16.6. The molecule has 4 amide bonds. The van der Waals surface area contributed by atoms with Crippen molar-refractivity contribution in [2.24, 2.45) is 0 Å². The van der Waals surface area contributed by atoms with Gasteiger partial charge in [0.25, 0.3) is 17.4 Å². The third-order valence-electron chi connectivity index (χ3n) is 12.0. The van der Waals surface area contributed by atoms with Gasteiger partial charge in [0, 0.05) is 32.4 Å². The fraction of sp³-hybridized carbons (Fsp3) is 0.531. The first-order valence-corrected chi connectivity index (χ1v) is 23.4. The number of nitro groups is 1. The fourth-order valence-corrected chi connectivity index (χ4v) is 8.59. The van der Waals surface area contributed by atoms with Crippen LogP contribution in [0.25, 0.3) is 10.9 Å². The van der Waals surface area contributed by atoms with E-state index < -0.39 is 46.3 Å². The van der Waals surface area contributed by atoms with Gasteiger partial charge in [0.15, 0.2) is 11.8 Å². The summed E-state index contributed by atoms with van der Waals surface area (Å²) in [4.78, 5) is 78.4. The van der Waals surface area contributed by atoms with Crippen molar-refractivity contribution in [3.63, 3.8) is 0 Å². The summed E-state index contributed by atoms with van der Waals surface area (Å²) in [6.45, 7) is 4.11. The Hall–Kier alpha value is -5.87. The van der Waals surface area contributed by atoms with Gasteiger partial charge in [-0.25, -0.2) is 14.7 Å². The second-order valence-electron chi connectivity index (χ2n) is 16.7. The van der Waals surface area contributed by atoms with Gasteiger partial charge in [0.1, 0.15) is 18.2 Å². The van der Waals surface area contributed by atoms with Gasteiger partial charge in [-0.15, -0.1) is 0 Å². The van der Waals surface area contributed by atoms with Crippen LogP contribution in [0.3, 0.4) is 0 Å². The van der Waals surface area contributed by atoms with Gasteiger partial charge >= 0.3 is 11.7 Å². The van der Waals surface area contributed by atoms with Crippen molar-refractivity contribution >= 4 is 40.1 Å². The number of imide groups is 1. The number of hydrogen-bond acceptors (Lipinski definition) is 11. The smallest absolute Gasteiger partial charge is 0.330 e. The number of methoxy groups -OCH3 is 1. The number of amides is 4. The lowest BCUT2D eigenvalue weighted by atomic mass is 9.98. The lowest BCUT2D eigenvalue weighted by molar-refractivity contribution is -0.385. The molecule has 6 rings (SSSR count). The molecule has 350 valence electrons. The molecule has 16 heteroatoms. The normalized spacial score (nSPS) is 16.0. The van der Waals surface area contributed by atoms with E-state index >= 15 is 4.79 Å². The number of benzene rings is 3. The van der Waals surface area contributed by atoms with E-state index in [0.29, 0.717) is 17.9 Å². The molecule has 0 radical (unpaired) electrons. The van der Waals surface area contributed by atoms with Crippen LogP contribution in [0, 0.1) is 10.1 Å². The standard InChI is InChI=1S/C49H64N6O10/c1-4-6-7-8-9-10-11-12-13-22-29-52-44(50-39-33-42(64-31-30-62-3)40(55(60)61)32-37(39)46(52)57)43(45(56)51-38-27-20-21-28-41(38)65-36-25-18-15-19-26-36)54-47(58)48(63-5-2)53(49(54)59)34-35-23-16-14-17-24-35/h14,16-17,20-21,23-24,27-28,32-33,36,43,48H,4-13,15,18-19,22,25-26,29-31,34H2,1-3H3,(H,51,56). The number of para-hydroxylation sites is 2. The number of rotatable bonds is 26. The second kappa shape index (κ2) is 24.4. The predicted molar refractivity (Wildman–Crippen MR) is 247 cm³/mol. The maximum atomic E-state index is 15.2. The second-order valence-corrected chi connectivity index (χ2v) is 16.7. The number of nitrogens with zero attached hydrogens (tertiary/aromatic N) is 5. The number of aromatic nitrogens is 2.